The van der Waals surface area contributed by atoms with Gasteiger partial charge in [-0.05, 0) is 25.2 Å². The third-order valence-corrected chi connectivity index (χ3v) is 12.8. The molecule has 0 saturated carbocycles. The van der Waals surface area contributed by atoms with E-state index in [0.29, 0.717) is 19.3 Å². The van der Waals surface area contributed by atoms with Crippen molar-refractivity contribution in [1.29, 1.82) is 0 Å². The predicted octanol–water partition coefficient (Wildman–Crippen LogP) is 18.2. The van der Waals surface area contributed by atoms with E-state index in [1.807, 2.05) is 0 Å². The van der Waals surface area contributed by atoms with Crippen molar-refractivity contribution in [2.75, 3.05) is 13.2 Å². The fourth-order valence-electron chi connectivity index (χ4n) is 8.57. The van der Waals surface area contributed by atoms with Gasteiger partial charge in [0.15, 0.2) is 6.10 Å². The zero-order valence-corrected chi connectivity index (χ0v) is 42.3. The molecule has 0 bridgehead atoms. The van der Waals surface area contributed by atoms with Gasteiger partial charge in [0.05, 0.1) is 0 Å². The number of carbonyl (C=O) groups is 3. The number of rotatable bonds is 51. The Hall–Kier alpha value is -1.59. The van der Waals surface area contributed by atoms with Crippen LogP contribution in [0.5, 0.6) is 0 Å². The third-order valence-electron chi connectivity index (χ3n) is 12.8. The molecular weight excluding hydrogens is 769 g/mol. The lowest BCUT2D eigenvalue weighted by Gasteiger charge is -2.18. The van der Waals surface area contributed by atoms with Gasteiger partial charge in [-0.3, -0.25) is 14.4 Å². The number of hydrogen-bond donors (Lipinski definition) is 0. The van der Waals surface area contributed by atoms with Crippen molar-refractivity contribution in [2.45, 2.75) is 323 Å². The first-order chi connectivity index (χ1) is 30.4. The molecule has 368 valence electrons. The lowest BCUT2D eigenvalue weighted by atomic mass is 10.0. The second-order valence-electron chi connectivity index (χ2n) is 19.7. The summed E-state index contributed by atoms with van der Waals surface area (Å²) in [6.07, 6.45) is 53.8. The van der Waals surface area contributed by atoms with E-state index < -0.39 is 6.10 Å². The minimum atomic E-state index is -0.760. The molecule has 6 nitrogen and oxygen atoms in total. The van der Waals surface area contributed by atoms with Crippen LogP contribution in [0.25, 0.3) is 0 Å². The zero-order chi connectivity index (χ0) is 45.2. The maximum atomic E-state index is 12.8. The summed E-state index contributed by atoms with van der Waals surface area (Å²) in [5.41, 5.74) is 0. The number of ether oxygens (including phenoxy) is 3. The molecule has 0 aliphatic carbocycles. The Morgan fingerprint density at radius 2 is 0.532 bits per heavy atom. The second-order valence-corrected chi connectivity index (χ2v) is 19.7. The van der Waals surface area contributed by atoms with Gasteiger partial charge in [0.2, 0.25) is 0 Å². The minimum Gasteiger partial charge on any atom is -0.462 e. The van der Waals surface area contributed by atoms with E-state index in [1.165, 1.54) is 212 Å². The Labute approximate surface area is 387 Å². The average Bonchev–Trinajstić information content (AvgIpc) is 3.26. The standard InChI is InChI=1S/C56H108O6/c1-5-7-9-11-13-15-17-28-32-36-40-44-48-55(58)61-51-53(50-60-54(57)47-43-39-35-31-26-16-14-12-10-8-6-2)62-56(59)49-45-41-37-33-29-25-23-21-19-18-20-22-24-27-30-34-38-42-46-52(3)4/h52-53H,5-51H2,1-4H3/t53-/m1/s1. The summed E-state index contributed by atoms with van der Waals surface area (Å²) < 4.78 is 16.8. The average molecular weight is 877 g/mol. The van der Waals surface area contributed by atoms with E-state index >= 15 is 0 Å². The van der Waals surface area contributed by atoms with E-state index in [2.05, 4.69) is 27.7 Å². The molecule has 1 atom stereocenters. The van der Waals surface area contributed by atoms with Crippen LogP contribution in [0.2, 0.25) is 0 Å². The first kappa shape index (κ1) is 60.4. The maximum Gasteiger partial charge on any atom is 0.306 e. The number of carbonyl (C=O) groups excluding carboxylic acids is 3. The quantitative estimate of drug-likeness (QED) is 0.0344. The molecule has 0 spiro atoms. The molecule has 0 aliphatic heterocycles. The molecule has 0 amide bonds. The minimum absolute atomic E-state index is 0.0622. The van der Waals surface area contributed by atoms with Crippen molar-refractivity contribution in [3.8, 4) is 0 Å². The van der Waals surface area contributed by atoms with Gasteiger partial charge < -0.3 is 14.2 Å². The van der Waals surface area contributed by atoms with Crippen molar-refractivity contribution in [1.82, 2.24) is 0 Å². The summed E-state index contributed by atoms with van der Waals surface area (Å²) in [6.45, 7) is 9.05. The van der Waals surface area contributed by atoms with Crippen LogP contribution in [0.3, 0.4) is 0 Å². The Morgan fingerprint density at radius 1 is 0.306 bits per heavy atom. The van der Waals surface area contributed by atoms with Crippen molar-refractivity contribution >= 4 is 17.9 Å². The van der Waals surface area contributed by atoms with Crippen LogP contribution in [0.15, 0.2) is 0 Å². The molecule has 0 fully saturated rings. The fourth-order valence-corrected chi connectivity index (χ4v) is 8.57. The monoisotopic (exact) mass is 877 g/mol. The lowest BCUT2D eigenvalue weighted by molar-refractivity contribution is -0.167. The first-order valence-electron chi connectivity index (χ1n) is 27.9. The Bertz CT molecular complexity index is 933. The summed E-state index contributed by atoms with van der Waals surface area (Å²) in [5, 5.41) is 0. The number of hydrogen-bond acceptors (Lipinski definition) is 6. The molecule has 6 heteroatoms. The van der Waals surface area contributed by atoms with E-state index in [-0.39, 0.29) is 31.1 Å². The molecule has 0 saturated heterocycles. The van der Waals surface area contributed by atoms with E-state index in [4.69, 9.17) is 14.2 Å². The van der Waals surface area contributed by atoms with Crippen molar-refractivity contribution < 1.29 is 28.6 Å². The third kappa shape index (κ3) is 49.4. The van der Waals surface area contributed by atoms with Crippen LogP contribution in [0.4, 0.5) is 0 Å². The van der Waals surface area contributed by atoms with Crippen LogP contribution >= 0.6 is 0 Å². The molecule has 62 heavy (non-hydrogen) atoms. The summed E-state index contributed by atoms with van der Waals surface area (Å²) in [4.78, 5) is 38.0. The SMILES string of the molecule is CCCCCCCCCCCCCCC(=O)OC[C@@H](COC(=O)CCCCCCCCCCCCC)OC(=O)CCCCCCCCCCCCCCCCCCCCC(C)C. The van der Waals surface area contributed by atoms with Gasteiger partial charge in [0, 0.05) is 19.3 Å². The molecule has 0 aromatic carbocycles. The van der Waals surface area contributed by atoms with Crippen LogP contribution < -0.4 is 0 Å². The largest absolute Gasteiger partial charge is 0.462 e. The highest BCUT2D eigenvalue weighted by atomic mass is 16.6. The topological polar surface area (TPSA) is 78.9 Å². The Morgan fingerprint density at radius 3 is 0.790 bits per heavy atom. The van der Waals surface area contributed by atoms with Gasteiger partial charge in [0.1, 0.15) is 13.2 Å². The number of esters is 3. The lowest BCUT2D eigenvalue weighted by Crippen LogP contribution is -2.30. The highest BCUT2D eigenvalue weighted by Crippen LogP contribution is 2.18. The van der Waals surface area contributed by atoms with Gasteiger partial charge in [-0.25, -0.2) is 0 Å². The molecule has 0 unspecified atom stereocenters. The van der Waals surface area contributed by atoms with E-state index in [9.17, 15) is 14.4 Å². The highest BCUT2D eigenvalue weighted by molar-refractivity contribution is 5.71. The molecule has 0 aliphatic rings. The van der Waals surface area contributed by atoms with Crippen LogP contribution in [0, 0.1) is 5.92 Å². The van der Waals surface area contributed by atoms with Crippen LogP contribution in [-0.4, -0.2) is 37.2 Å². The van der Waals surface area contributed by atoms with Crippen molar-refractivity contribution in [3.63, 3.8) is 0 Å². The van der Waals surface area contributed by atoms with E-state index in [1.54, 1.807) is 0 Å². The summed E-state index contributed by atoms with van der Waals surface area (Å²) in [6, 6.07) is 0. The van der Waals surface area contributed by atoms with Crippen molar-refractivity contribution in [2.24, 2.45) is 5.92 Å². The smallest absolute Gasteiger partial charge is 0.306 e. The zero-order valence-electron chi connectivity index (χ0n) is 42.3. The summed E-state index contributed by atoms with van der Waals surface area (Å²) >= 11 is 0. The molecule has 0 rings (SSSR count). The molecule has 0 heterocycles. The Balaban J connectivity index is 4.22. The van der Waals surface area contributed by atoms with Crippen molar-refractivity contribution in [3.05, 3.63) is 0 Å². The second kappa shape index (κ2) is 50.4. The normalized spacial score (nSPS) is 12.0. The van der Waals surface area contributed by atoms with Gasteiger partial charge in [0.25, 0.3) is 0 Å². The molecule has 0 aromatic heterocycles. The van der Waals surface area contributed by atoms with Crippen LogP contribution in [-0.2, 0) is 28.6 Å². The maximum absolute atomic E-state index is 12.8. The number of unbranched alkanes of at least 4 members (excludes halogenated alkanes) is 38. The fraction of sp³-hybridized carbons (Fsp3) is 0.946. The van der Waals surface area contributed by atoms with E-state index in [0.717, 1.165) is 63.7 Å². The highest BCUT2D eigenvalue weighted by Gasteiger charge is 2.19. The molecular formula is C56H108O6. The summed E-state index contributed by atoms with van der Waals surface area (Å²) in [5.74, 6) is 0.0185. The molecule has 0 N–H and O–H groups in total. The molecule has 0 aromatic rings. The van der Waals surface area contributed by atoms with Crippen LogP contribution in [0.1, 0.15) is 317 Å². The van der Waals surface area contributed by atoms with Gasteiger partial charge in [-0.15, -0.1) is 0 Å². The molecule has 0 radical (unpaired) electrons. The van der Waals surface area contributed by atoms with Gasteiger partial charge in [-0.1, -0.05) is 278 Å². The Kier molecular flexibility index (Phi) is 49.1. The van der Waals surface area contributed by atoms with Gasteiger partial charge in [-0.2, -0.15) is 0 Å². The predicted molar refractivity (Wildman–Crippen MR) is 266 cm³/mol. The van der Waals surface area contributed by atoms with Gasteiger partial charge >= 0.3 is 17.9 Å². The summed E-state index contributed by atoms with van der Waals surface area (Å²) in [7, 11) is 0. The first-order valence-corrected chi connectivity index (χ1v) is 27.9.